The molecule has 0 radical (unpaired) electrons. The summed E-state index contributed by atoms with van der Waals surface area (Å²) in [5.41, 5.74) is 9.90. The number of nitrogens with zero attached hydrogens (tertiary/aromatic N) is 6. The molecule has 4 aromatic heterocycles. The van der Waals surface area contributed by atoms with Gasteiger partial charge in [-0.3, -0.25) is 18.8 Å². The number of aromatic nitrogens is 6. The Morgan fingerprint density at radius 3 is 2.66 bits per heavy atom. The van der Waals surface area contributed by atoms with E-state index in [0.29, 0.717) is 28.0 Å². The molecule has 1 amide bonds. The maximum Gasteiger partial charge on any atom is 0.264 e. The second kappa shape index (κ2) is 10.2. The van der Waals surface area contributed by atoms with E-state index in [1.165, 1.54) is 4.52 Å². The average Bonchev–Trinajstić information content (AvgIpc) is 3.55. The van der Waals surface area contributed by atoms with E-state index in [0.717, 1.165) is 16.4 Å². The van der Waals surface area contributed by atoms with Crippen LogP contribution in [0.25, 0.3) is 22.1 Å². The van der Waals surface area contributed by atoms with Gasteiger partial charge in [-0.2, -0.15) is 5.10 Å². The van der Waals surface area contributed by atoms with Crippen molar-refractivity contribution in [3.05, 3.63) is 112 Å². The Morgan fingerprint density at radius 1 is 1.10 bits per heavy atom. The van der Waals surface area contributed by atoms with Crippen molar-refractivity contribution in [3.8, 4) is 17.5 Å². The largest absolute Gasteiger partial charge is 0.381 e. The number of fused-ring (bicyclic) bond motifs is 2. The van der Waals surface area contributed by atoms with E-state index in [1.54, 1.807) is 33.9 Å². The van der Waals surface area contributed by atoms with Crippen LogP contribution in [-0.2, 0) is 7.05 Å². The third-order valence-electron chi connectivity index (χ3n) is 6.98. The molecule has 0 bridgehead atoms. The molecule has 0 saturated heterocycles. The van der Waals surface area contributed by atoms with Crippen LogP contribution in [0, 0.1) is 11.8 Å². The summed E-state index contributed by atoms with van der Waals surface area (Å²) < 4.78 is 4.79. The van der Waals surface area contributed by atoms with E-state index in [1.807, 2.05) is 76.5 Å². The van der Waals surface area contributed by atoms with E-state index < -0.39 is 11.9 Å². The molecule has 41 heavy (non-hydrogen) atoms. The lowest BCUT2D eigenvalue weighted by Gasteiger charge is -2.24. The number of nitrogens with one attached hydrogen (secondary N) is 1. The number of amides is 1. The van der Waals surface area contributed by atoms with Gasteiger partial charge in [0.2, 0.25) is 0 Å². The summed E-state index contributed by atoms with van der Waals surface area (Å²) in [6.45, 7) is 1.84. The zero-order valence-corrected chi connectivity index (χ0v) is 22.7. The van der Waals surface area contributed by atoms with E-state index in [9.17, 15) is 9.59 Å². The number of rotatable bonds is 4. The summed E-state index contributed by atoms with van der Waals surface area (Å²) in [4.78, 5) is 32.1. The molecule has 2 aromatic carbocycles. The van der Waals surface area contributed by atoms with Gasteiger partial charge >= 0.3 is 0 Å². The monoisotopic (exact) mass is 540 g/mol. The Kier molecular flexibility index (Phi) is 6.36. The highest BCUT2D eigenvalue weighted by Crippen LogP contribution is 2.23. The average molecular weight is 540 g/mol. The Bertz CT molecular complexity index is 2080. The van der Waals surface area contributed by atoms with Crippen molar-refractivity contribution in [2.75, 3.05) is 5.73 Å². The van der Waals surface area contributed by atoms with Crippen molar-refractivity contribution in [1.82, 2.24) is 34.3 Å². The molecule has 0 fully saturated rings. The van der Waals surface area contributed by atoms with Crippen molar-refractivity contribution in [1.29, 1.82) is 0 Å². The molecule has 1 unspecified atom stereocenters. The molecule has 6 aromatic rings. The number of pyridine rings is 1. The van der Waals surface area contributed by atoms with Crippen molar-refractivity contribution in [3.63, 3.8) is 0 Å². The highest BCUT2D eigenvalue weighted by molar-refractivity contribution is 6.40. The molecule has 1 atom stereocenters. The van der Waals surface area contributed by atoms with Gasteiger partial charge in [0.15, 0.2) is 11.5 Å². The van der Waals surface area contributed by atoms with E-state index in [2.05, 4.69) is 32.3 Å². The molecule has 0 aliphatic rings. The first kappa shape index (κ1) is 25.6. The van der Waals surface area contributed by atoms with Gasteiger partial charge in [0, 0.05) is 42.6 Å². The van der Waals surface area contributed by atoms with E-state index in [-0.39, 0.29) is 16.9 Å². The Balaban J connectivity index is 1.52. The second-order valence-electron chi connectivity index (χ2n) is 9.71. The van der Waals surface area contributed by atoms with Crippen LogP contribution < -0.4 is 22.1 Å². The zero-order valence-electron chi connectivity index (χ0n) is 22.7. The topological polar surface area (TPSA) is 125 Å². The van der Waals surface area contributed by atoms with E-state index >= 15 is 0 Å². The van der Waals surface area contributed by atoms with Gasteiger partial charge in [-0.15, -0.1) is 5.10 Å². The predicted molar refractivity (Wildman–Crippen MR) is 160 cm³/mol. The molecule has 200 valence electrons. The number of nitrogen functional groups attached to an aromatic ring is 1. The standard InChI is InChI=1S/C30H25BN8O2/c1-18(35-29(40)24-27(32)36-38-15-7-14-33-28(24)38)26-25(31)22-11-6-8-20(13-12-19-16-34-37(2)17-19)23(22)30(41)39(26)21-9-4-3-5-10-21/h3-11,14-18H,31H2,1-2H3,(H2,32,36)(H,35,40). The summed E-state index contributed by atoms with van der Waals surface area (Å²) in [5.74, 6) is 5.92. The van der Waals surface area contributed by atoms with Gasteiger partial charge in [-0.25, -0.2) is 9.50 Å². The van der Waals surface area contributed by atoms with Gasteiger partial charge in [-0.05, 0) is 36.6 Å². The molecule has 6 rings (SSSR count). The number of carbonyl (C=O) groups excluding carboxylic acids is 1. The van der Waals surface area contributed by atoms with Gasteiger partial charge < -0.3 is 11.1 Å². The van der Waals surface area contributed by atoms with Crippen molar-refractivity contribution >= 4 is 41.5 Å². The molecule has 3 N–H and O–H groups in total. The van der Waals surface area contributed by atoms with Crippen molar-refractivity contribution < 1.29 is 4.79 Å². The van der Waals surface area contributed by atoms with Crippen molar-refractivity contribution in [2.45, 2.75) is 13.0 Å². The minimum atomic E-state index is -0.581. The number of nitrogens with two attached hydrogens (primary N) is 1. The smallest absolute Gasteiger partial charge is 0.264 e. The summed E-state index contributed by atoms with van der Waals surface area (Å²) >= 11 is 0. The van der Waals surface area contributed by atoms with Gasteiger partial charge in [0.05, 0.1) is 23.2 Å². The van der Waals surface area contributed by atoms with Crippen LogP contribution in [-0.4, -0.2) is 42.7 Å². The molecule has 0 spiro atoms. The summed E-state index contributed by atoms with van der Waals surface area (Å²) in [7, 11) is 3.77. The van der Waals surface area contributed by atoms with Crippen LogP contribution in [0.3, 0.4) is 0 Å². The lowest BCUT2D eigenvalue weighted by Crippen LogP contribution is -2.38. The van der Waals surface area contributed by atoms with Crippen LogP contribution in [0.1, 0.15) is 40.1 Å². The molecule has 0 aliphatic heterocycles. The molecular weight excluding hydrogens is 515 g/mol. The number of anilines is 1. The third-order valence-corrected chi connectivity index (χ3v) is 6.98. The van der Waals surface area contributed by atoms with Gasteiger partial charge in [0.25, 0.3) is 11.5 Å². The Hall–Kier alpha value is -5.63. The minimum absolute atomic E-state index is 0.0703. The lowest BCUT2D eigenvalue weighted by molar-refractivity contribution is 0.0941. The SMILES string of the molecule is Bc1c(C(C)NC(=O)c2c(N)nn3cccnc23)n(-c2ccccc2)c(=O)c2c(C#Cc3cnn(C)c3)cccc12. The van der Waals surface area contributed by atoms with Crippen LogP contribution >= 0.6 is 0 Å². The first-order valence-corrected chi connectivity index (χ1v) is 13.0. The molecule has 0 saturated carbocycles. The molecular formula is C30H25BN8O2. The predicted octanol–water partition coefficient (Wildman–Crippen LogP) is 1.50. The second-order valence-corrected chi connectivity index (χ2v) is 9.71. The quantitative estimate of drug-likeness (QED) is 0.258. The Morgan fingerprint density at radius 2 is 1.90 bits per heavy atom. The number of hydrogen-bond donors (Lipinski definition) is 2. The van der Waals surface area contributed by atoms with Crippen LogP contribution in [0.15, 0.2) is 84.2 Å². The molecule has 10 nitrogen and oxygen atoms in total. The fourth-order valence-corrected chi connectivity index (χ4v) is 5.16. The van der Waals surface area contributed by atoms with Crippen LogP contribution in [0.2, 0.25) is 0 Å². The fourth-order valence-electron chi connectivity index (χ4n) is 5.16. The normalized spacial score (nSPS) is 11.8. The number of benzene rings is 2. The van der Waals surface area contributed by atoms with Gasteiger partial charge in [0.1, 0.15) is 13.4 Å². The number of hydrogen-bond acceptors (Lipinski definition) is 6. The zero-order chi connectivity index (χ0) is 28.7. The Labute approximate surface area is 235 Å². The van der Waals surface area contributed by atoms with E-state index in [4.69, 9.17) is 5.73 Å². The van der Waals surface area contributed by atoms with Crippen molar-refractivity contribution in [2.24, 2.45) is 7.05 Å². The first-order valence-electron chi connectivity index (χ1n) is 13.0. The highest BCUT2D eigenvalue weighted by atomic mass is 16.2. The number of carbonyl (C=O) groups is 1. The van der Waals surface area contributed by atoms with Crippen LogP contribution in [0.4, 0.5) is 5.82 Å². The summed E-state index contributed by atoms with van der Waals surface area (Å²) in [6, 6.07) is 16.1. The maximum atomic E-state index is 14.3. The molecule has 4 heterocycles. The lowest BCUT2D eigenvalue weighted by atomic mass is 9.85. The van der Waals surface area contributed by atoms with Crippen LogP contribution in [0.5, 0.6) is 0 Å². The minimum Gasteiger partial charge on any atom is -0.381 e. The fraction of sp³-hybridized carbons (Fsp3) is 0.100. The van der Waals surface area contributed by atoms with Gasteiger partial charge in [-0.1, -0.05) is 47.6 Å². The first-order chi connectivity index (χ1) is 19.8. The third kappa shape index (κ3) is 4.51. The number of aryl methyl sites for hydroxylation is 1. The summed E-state index contributed by atoms with van der Waals surface area (Å²) in [5, 5.41) is 12.7. The maximum absolute atomic E-state index is 14.3. The highest BCUT2D eigenvalue weighted by Gasteiger charge is 2.25. The number of para-hydroxylation sites is 1. The molecule has 0 aliphatic carbocycles. The summed E-state index contributed by atoms with van der Waals surface area (Å²) in [6.07, 6.45) is 6.75. The molecule has 11 heteroatoms.